The molecule has 1 aliphatic rings. The van der Waals surface area contributed by atoms with E-state index in [1.807, 2.05) is 0 Å². The highest BCUT2D eigenvalue weighted by Gasteiger charge is 2.23. The molecule has 0 N–H and O–H groups in total. The molecule has 0 amide bonds. The van der Waals surface area contributed by atoms with E-state index in [1.165, 1.54) is 44.0 Å². The third kappa shape index (κ3) is 2.39. The number of benzene rings is 4. The fourth-order valence-electron chi connectivity index (χ4n) is 4.36. The van der Waals surface area contributed by atoms with Crippen LogP contribution >= 0.6 is 0 Å². The highest BCUT2D eigenvalue weighted by molar-refractivity contribution is 5.93. The van der Waals surface area contributed by atoms with Gasteiger partial charge in [0, 0.05) is 17.4 Å². The minimum absolute atomic E-state index is 0.410. The summed E-state index contributed by atoms with van der Waals surface area (Å²) in [5, 5.41) is 5.32. The van der Waals surface area contributed by atoms with Crippen molar-refractivity contribution in [3.8, 4) is 0 Å². The zero-order chi connectivity index (χ0) is 17.7. The van der Waals surface area contributed by atoms with E-state index in [0.29, 0.717) is 6.04 Å². The molecule has 0 saturated carbocycles. The summed E-state index contributed by atoms with van der Waals surface area (Å²) >= 11 is 0. The SMILES string of the molecule is CC(C)N1c2cc3ccccc3cc2CCc2cc3ccccc3cc21. The maximum atomic E-state index is 2.54. The number of aryl methyl sites for hydroxylation is 2. The molecular formula is C25H23N. The third-order valence-corrected chi connectivity index (χ3v) is 5.59. The van der Waals surface area contributed by atoms with E-state index < -0.39 is 0 Å². The van der Waals surface area contributed by atoms with Crippen molar-refractivity contribution in [2.24, 2.45) is 0 Å². The van der Waals surface area contributed by atoms with Gasteiger partial charge in [-0.25, -0.2) is 0 Å². The normalized spacial score (nSPS) is 13.7. The second-order valence-electron chi connectivity index (χ2n) is 7.62. The van der Waals surface area contributed by atoms with Crippen LogP contribution in [0.25, 0.3) is 21.5 Å². The molecule has 1 heterocycles. The van der Waals surface area contributed by atoms with E-state index in [4.69, 9.17) is 0 Å². The molecule has 5 rings (SSSR count). The molecule has 26 heavy (non-hydrogen) atoms. The maximum absolute atomic E-state index is 2.54. The predicted octanol–water partition coefficient (Wildman–Crippen LogP) is 6.64. The summed E-state index contributed by atoms with van der Waals surface area (Å²) in [6, 6.07) is 27.4. The quantitative estimate of drug-likeness (QED) is 0.376. The summed E-state index contributed by atoms with van der Waals surface area (Å²) in [4.78, 5) is 2.54. The van der Waals surface area contributed by atoms with Gasteiger partial charge in [0.1, 0.15) is 0 Å². The monoisotopic (exact) mass is 337 g/mol. The Labute approximate surface area is 154 Å². The second kappa shape index (κ2) is 5.88. The molecule has 0 radical (unpaired) electrons. The van der Waals surface area contributed by atoms with Crippen molar-refractivity contribution in [3.63, 3.8) is 0 Å². The first-order valence-corrected chi connectivity index (χ1v) is 9.53. The van der Waals surface area contributed by atoms with Crippen LogP contribution in [0.2, 0.25) is 0 Å². The van der Waals surface area contributed by atoms with Crippen LogP contribution < -0.4 is 4.90 Å². The summed E-state index contributed by atoms with van der Waals surface area (Å²) in [7, 11) is 0. The zero-order valence-corrected chi connectivity index (χ0v) is 15.4. The lowest BCUT2D eigenvalue weighted by molar-refractivity contribution is 0.788. The van der Waals surface area contributed by atoms with Crippen LogP contribution in [0.4, 0.5) is 11.4 Å². The predicted molar refractivity (Wildman–Crippen MR) is 113 cm³/mol. The van der Waals surface area contributed by atoms with Crippen molar-refractivity contribution in [2.45, 2.75) is 32.7 Å². The number of rotatable bonds is 1. The number of hydrogen-bond donors (Lipinski definition) is 0. The first-order valence-electron chi connectivity index (χ1n) is 9.53. The molecule has 0 saturated heterocycles. The number of fused-ring (bicyclic) bond motifs is 4. The molecule has 0 bridgehead atoms. The summed E-state index contributed by atoms with van der Waals surface area (Å²) in [6.45, 7) is 4.59. The minimum Gasteiger partial charge on any atom is -0.338 e. The molecule has 0 atom stereocenters. The van der Waals surface area contributed by atoms with Gasteiger partial charge in [0.25, 0.3) is 0 Å². The Bertz CT molecular complexity index is 1040. The largest absolute Gasteiger partial charge is 0.338 e. The van der Waals surface area contributed by atoms with Crippen molar-refractivity contribution in [1.29, 1.82) is 0 Å². The van der Waals surface area contributed by atoms with E-state index in [2.05, 4.69) is 91.5 Å². The van der Waals surface area contributed by atoms with Crippen LogP contribution in [0.3, 0.4) is 0 Å². The fraction of sp³-hybridized carbons (Fsp3) is 0.200. The van der Waals surface area contributed by atoms with Crippen LogP contribution in [0.15, 0.2) is 72.8 Å². The van der Waals surface area contributed by atoms with Crippen LogP contribution in [0, 0.1) is 0 Å². The Morgan fingerprint density at radius 2 is 1.00 bits per heavy atom. The second-order valence-corrected chi connectivity index (χ2v) is 7.62. The van der Waals surface area contributed by atoms with Crippen LogP contribution in [-0.2, 0) is 12.8 Å². The van der Waals surface area contributed by atoms with Crippen molar-refractivity contribution < 1.29 is 0 Å². The Balaban J connectivity index is 1.79. The zero-order valence-electron chi connectivity index (χ0n) is 15.4. The van der Waals surface area contributed by atoms with Gasteiger partial charge in [-0.3, -0.25) is 0 Å². The van der Waals surface area contributed by atoms with Crippen molar-refractivity contribution in [1.82, 2.24) is 0 Å². The molecule has 1 nitrogen and oxygen atoms in total. The van der Waals surface area contributed by atoms with E-state index in [1.54, 1.807) is 0 Å². The van der Waals surface area contributed by atoms with Crippen LogP contribution in [-0.4, -0.2) is 6.04 Å². The Hall–Kier alpha value is -2.80. The highest BCUT2D eigenvalue weighted by atomic mass is 15.2. The molecule has 0 unspecified atom stereocenters. The average molecular weight is 337 g/mol. The number of hydrogen-bond acceptors (Lipinski definition) is 1. The van der Waals surface area contributed by atoms with Gasteiger partial charge >= 0.3 is 0 Å². The standard InChI is InChI=1S/C25H23N/c1-17(2)26-24-15-20-9-5-3-7-18(20)13-22(24)11-12-23-14-19-8-4-6-10-21(19)16-25(23)26/h3-10,13-17H,11-12H2,1-2H3. The lowest BCUT2D eigenvalue weighted by Gasteiger charge is -2.31. The molecule has 1 heteroatoms. The summed E-state index contributed by atoms with van der Waals surface area (Å²) in [5.41, 5.74) is 5.65. The molecule has 0 aliphatic carbocycles. The molecule has 4 aromatic carbocycles. The molecular weight excluding hydrogens is 314 g/mol. The van der Waals surface area contributed by atoms with Gasteiger partial charge in [-0.05, 0) is 83.6 Å². The first kappa shape index (κ1) is 15.5. The first-order chi connectivity index (χ1) is 12.7. The summed E-state index contributed by atoms with van der Waals surface area (Å²) in [6.07, 6.45) is 2.18. The Kier molecular flexibility index (Phi) is 3.49. The number of anilines is 2. The van der Waals surface area contributed by atoms with Gasteiger partial charge in [0.05, 0.1) is 0 Å². The minimum atomic E-state index is 0.410. The topological polar surface area (TPSA) is 3.24 Å². The summed E-state index contributed by atoms with van der Waals surface area (Å²) < 4.78 is 0. The molecule has 4 aromatic rings. The van der Waals surface area contributed by atoms with E-state index in [0.717, 1.165) is 12.8 Å². The average Bonchev–Trinajstić information content (AvgIpc) is 2.80. The van der Waals surface area contributed by atoms with E-state index in [9.17, 15) is 0 Å². The number of nitrogens with zero attached hydrogens (tertiary/aromatic N) is 1. The van der Waals surface area contributed by atoms with E-state index >= 15 is 0 Å². The van der Waals surface area contributed by atoms with Crippen LogP contribution in [0.5, 0.6) is 0 Å². The van der Waals surface area contributed by atoms with Gasteiger partial charge in [0.2, 0.25) is 0 Å². The lowest BCUT2D eigenvalue weighted by atomic mass is 9.99. The third-order valence-electron chi connectivity index (χ3n) is 5.59. The van der Waals surface area contributed by atoms with Gasteiger partial charge in [-0.1, -0.05) is 48.5 Å². The van der Waals surface area contributed by atoms with Crippen molar-refractivity contribution >= 4 is 32.9 Å². The van der Waals surface area contributed by atoms with Crippen molar-refractivity contribution in [2.75, 3.05) is 4.90 Å². The smallest absolute Gasteiger partial charge is 0.0452 e. The Morgan fingerprint density at radius 3 is 1.38 bits per heavy atom. The Morgan fingerprint density at radius 1 is 0.615 bits per heavy atom. The van der Waals surface area contributed by atoms with Crippen molar-refractivity contribution in [3.05, 3.63) is 83.9 Å². The van der Waals surface area contributed by atoms with Gasteiger partial charge in [-0.2, -0.15) is 0 Å². The van der Waals surface area contributed by atoms with Gasteiger partial charge in [0.15, 0.2) is 0 Å². The molecule has 1 aliphatic heterocycles. The van der Waals surface area contributed by atoms with Gasteiger partial charge < -0.3 is 4.90 Å². The van der Waals surface area contributed by atoms with E-state index in [-0.39, 0.29) is 0 Å². The highest BCUT2D eigenvalue weighted by Crippen LogP contribution is 2.41. The fourth-order valence-corrected chi connectivity index (χ4v) is 4.36. The molecule has 0 spiro atoms. The maximum Gasteiger partial charge on any atom is 0.0452 e. The van der Waals surface area contributed by atoms with Crippen LogP contribution in [0.1, 0.15) is 25.0 Å². The lowest BCUT2D eigenvalue weighted by Crippen LogP contribution is -2.26. The molecule has 128 valence electrons. The van der Waals surface area contributed by atoms with Gasteiger partial charge in [-0.15, -0.1) is 0 Å². The summed E-state index contributed by atoms with van der Waals surface area (Å²) in [5.74, 6) is 0. The molecule has 0 aromatic heterocycles. The molecule has 0 fully saturated rings.